The summed E-state index contributed by atoms with van der Waals surface area (Å²) in [6, 6.07) is 18.2. The number of aliphatic hydroxyl groups is 1. The second-order valence-electron chi connectivity index (χ2n) is 8.89. The van der Waals surface area contributed by atoms with Gasteiger partial charge < -0.3 is 10.8 Å². The zero-order chi connectivity index (χ0) is 25.3. The number of aryl methyl sites for hydroxylation is 2. The average molecular weight is 497 g/mol. The van der Waals surface area contributed by atoms with Crippen LogP contribution in [0, 0.1) is 13.8 Å². The molecule has 0 aliphatic rings. The molecular formula is C27H29ClN2O3S. The number of aliphatic imine (C=N–C) groups is 1. The molecular weight excluding hydrogens is 468 g/mol. The normalized spacial score (nSPS) is 13.3. The van der Waals surface area contributed by atoms with Crippen molar-refractivity contribution in [1.82, 2.24) is 0 Å². The Hall–Kier alpha value is -2.93. The standard InChI is InChI=1S/C27H29ClN2O3S/c1-17-13-20(19-9-8-10-21(15-19)34(5,32)33)14-18(2)26(17)30-24(16-25(29)27(3,4)31)22-11-6-7-12-23(22)28/h6-16,31H,29H2,1-5H3/b25-16-,30-24?. The van der Waals surface area contributed by atoms with Crippen molar-refractivity contribution >= 4 is 32.8 Å². The van der Waals surface area contributed by atoms with E-state index >= 15 is 0 Å². The highest BCUT2D eigenvalue weighted by molar-refractivity contribution is 7.90. The van der Waals surface area contributed by atoms with Gasteiger partial charge in [0.1, 0.15) is 0 Å². The number of sulfone groups is 1. The fourth-order valence-corrected chi connectivity index (χ4v) is 4.39. The van der Waals surface area contributed by atoms with E-state index in [0.717, 1.165) is 27.9 Å². The van der Waals surface area contributed by atoms with Crippen molar-refractivity contribution in [3.63, 3.8) is 0 Å². The third-order valence-corrected chi connectivity index (χ3v) is 6.91. The minimum atomic E-state index is -3.31. The van der Waals surface area contributed by atoms with Crippen molar-refractivity contribution in [2.75, 3.05) is 6.26 Å². The first-order valence-corrected chi connectivity index (χ1v) is 13.0. The van der Waals surface area contributed by atoms with Crippen LogP contribution in [0.5, 0.6) is 0 Å². The number of halogens is 1. The summed E-state index contributed by atoms with van der Waals surface area (Å²) in [7, 11) is -3.31. The summed E-state index contributed by atoms with van der Waals surface area (Å²) >= 11 is 6.46. The molecule has 0 fully saturated rings. The summed E-state index contributed by atoms with van der Waals surface area (Å²) in [6.07, 6.45) is 2.84. The van der Waals surface area contributed by atoms with E-state index in [-0.39, 0.29) is 10.6 Å². The lowest BCUT2D eigenvalue weighted by Crippen LogP contribution is -2.28. The molecule has 5 nitrogen and oxygen atoms in total. The predicted molar refractivity (Wildman–Crippen MR) is 141 cm³/mol. The Labute approximate surface area is 206 Å². The van der Waals surface area contributed by atoms with Gasteiger partial charge in [0.15, 0.2) is 9.84 Å². The van der Waals surface area contributed by atoms with E-state index in [1.165, 1.54) is 6.26 Å². The monoisotopic (exact) mass is 496 g/mol. The molecule has 0 aromatic heterocycles. The van der Waals surface area contributed by atoms with E-state index in [0.29, 0.717) is 16.3 Å². The number of rotatable bonds is 6. The topological polar surface area (TPSA) is 92.8 Å². The third kappa shape index (κ3) is 5.95. The van der Waals surface area contributed by atoms with E-state index in [1.807, 2.05) is 50.2 Å². The van der Waals surface area contributed by atoms with Gasteiger partial charge in [0.05, 0.1) is 21.9 Å². The van der Waals surface area contributed by atoms with Crippen molar-refractivity contribution in [2.24, 2.45) is 10.7 Å². The quantitative estimate of drug-likeness (QED) is 0.424. The summed E-state index contributed by atoms with van der Waals surface area (Å²) in [4.78, 5) is 5.18. The molecule has 7 heteroatoms. The number of nitrogens with zero attached hydrogens (tertiary/aromatic N) is 1. The Morgan fingerprint density at radius 1 is 1.00 bits per heavy atom. The molecule has 0 spiro atoms. The van der Waals surface area contributed by atoms with Gasteiger partial charge in [-0.15, -0.1) is 0 Å². The van der Waals surface area contributed by atoms with Gasteiger partial charge in [0.2, 0.25) is 0 Å². The van der Waals surface area contributed by atoms with Gasteiger partial charge in [-0.2, -0.15) is 0 Å². The lowest BCUT2D eigenvalue weighted by molar-refractivity contribution is 0.118. The van der Waals surface area contributed by atoms with Crippen LogP contribution in [0.15, 0.2) is 82.3 Å². The molecule has 3 rings (SSSR count). The van der Waals surface area contributed by atoms with Crippen LogP contribution in [0.25, 0.3) is 11.1 Å². The maximum atomic E-state index is 12.0. The second-order valence-corrected chi connectivity index (χ2v) is 11.3. The van der Waals surface area contributed by atoms with Gasteiger partial charge in [0.25, 0.3) is 0 Å². The number of hydrogen-bond acceptors (Lipinski definition) is 5. The van der Waals surface area contributed by atoms with Crippen molar-refractivity contribution in [3.05, 3.63) is 94.1 Å². The highest BCUT2D eigenvalue weighted by Gasteiger charge is 2.19. The van der Waals surface area contributed by atoms with Crippen molar-refractivity contribution in [3.8, 4) is 11.1 Å². The van der Waals surface area contributed by atoms with Crippen LogP contribution in [-0.4, -0.2) is 31.1 Å². The van der Waals surface area contributed by atoms with Gasteiger partial charge >= 0.3 is 0 Å². The lowest BCUT2D eigenvalue weighted by Gasteiger charge is -2.19. The van der Waals surface area contributed by atoms with Gasteiger partial charge in [-0.3, -0.25) is 0 Å². The molecule has 0 saturated carbocycles. The summed E-state index contributed by atoms with van der Waals surface area (Å²) < 4.78 is 24.0. The van der Waals surface area contributed by atoms with Crippen LogP contribution in [0.4, 0.5) is 5.69 Å². The second kappa shape index (κ2) is 9.74. The van der Waals surface area contributed by atoms with Crippen LogP contribution in [0.2, 0.25) is 5.02 Å². The van der Waals surface area contributed by atoms with Gasteiger partial charge in [-0.25, -0.2) is 13.4 Å². The summed E-state index contributed by atoms with van der Waals surface area (Å²) in [5.74, 6) is 0. The fourth-order valence-electron chi connectivity index (χ4n) is 3.49. The zero-order valence-corrected chi connectivity index (χ0v) is 21.5. The zero-order valence-electron chi connectivity index (χ0n) is 19.9. The van der Waals surface area contributed by atoms with Crippen LogP contribution in [-0.2, 0) is 9.84 Å². The van der Waals surface area contributed by atoms with Crippen LogP contribution in [0.3, 0.4) is 0 Å². The first-order valence-electron chi connectivity index (χ1n) is 10.7. The minimum absolute atomic E-state index is 0.260. The highest BCUT2D eigenvalue weighted by atomic mass is 35.5. The first kappa shape index (κ1) is 25.7. The van der Waals surface area contributed by atoms with E-state index in [9.17, 15) is 13.5 Å². The number of nitrogens with two attached hydrogens (primary N) is 1. The molecule has 0 saturated heterocycles. The van der Waals surface area contributed by atoms with E-state index < -0.39 is 15.4 Å². The third-order valence-electron chi connectivity index (χ3n) is 5.47. The molecule has 0 unspecified atom stereocenters. The van der Waals surface area contributed by atoms with Crippen LogP contribution < -0.4 is 5.73 Å². The first-order chi connectivity index (χ1) is 15.8. The van der Waals surface area contributed by atoms with Crippen molar-refractivity contribution in [1.29, 1.82) is 0 Å². The summed E-state index contributed by atoms with van der Waals surface area (Å²) in [5, 5.41) is 10.9. The summed E-state index contributed by atoms with van der Waals surface area (Å²) in [6.45, 7) is 7.12. The van der Waals surface area contributed by atoms with E-state index in [1.54, 1.807) is 44.2 Å². The van der Waals surface area contributed by atoms with Crippen LogP contribution >= 0.6 is 11.6 Å². The highest BCUT2D eigenvalue weighted by Crippen LogP contribution is 2.33. The molecule has 0 aliphatic heterocycles. The average Bonchev–Trinajstić information content (AvgIpc) is 2.74. The molecule has 3 aromatic carbocycles. The summed E-state index contributed by atoms with van der Waals surface area (Å²) in [5.41, 5.74) is 10.7. The Bertz CT molecular complexity index is 1380. The fraction of sp³-hybridized carbons (Fsp3) is 0.222. The Kier molecular flexibility index (Phi) is 7.36. The molecule has 0 bridgehead atoms. The van der Waals surface area contributed by atoms with Gasteiger partial charge in [0, 0.05) is 22.5 Å². The predicted octanol–water partition coefficient (Wildman–Crippen LogP) is 5.76. The Morgan fingerprint density at radius 2 is 1.62 bits per heavy atom. The molecule has 3 aromatic rings. The number of benzene rings is 3. The molecule has 3 N–H and O–H groups in total. The van der Waals surface area contributed by atoms with Gasteiger partial charge in [-0.05, 0) is 86.4 Å². The molecule has 178 valence electrons. The van der Waals surface area contributed by atoms with Crippen molar-refractivity contribution in [2.45, 2.75) is 38.2 Å². The molecule has 0 aliphatic carbocycles. The molecule has 0 heterocycles. The van der Waals surface area contributed by atoms with Crippen molar-refractivity contribution < 1.29 is 13.5 Å². The van der Waals surface area contributed by atoms with Crippen LogP contribution in [0.1, 0.15) is 30.5 Å². The molecule has 34 heavy (non-hydrogen) atoms. The largest absolute Gasteiger partial charge is 0.400 e. The molecule has 0 radical (unpaired) electrons. The molecule has 0 atom stereocenters. The van der Waals surface area contributed by atoms with E-state index in [4.69, 9.17) is 22.3 Å². The lowest BCUT2D eigenvalue weighted by atomic mass is 9.98. The maximum Gasteiger partial charge on any atom is 0.175 e. The number of allylic oxidation sites excluding steroid dienone is 1. The minimum Gasteiger partial charge on any atom is -0.400 e. The maximum absolute atomic E-state index is 12.0. The molecule has 0 amide bonds. The number of hydrogen-bond donors (Lipinski definition) is 2. The SMILES string of the molecule is Cc1cc(-c2cccc(S(C)(=O)=O)c2)cc(C)c1N=C(/C=C(\N)C(C)(C)O)c1ccccc1Cl. The van der Waals surface area contributed by atoms with Gasteiger partial charge in [-0.1, -0.05) is 41.9 Å². The Balaban J connectivity index is 2.18. The Morgan fingerprint density at radius 3 is 2.18 bits per heavy atom. The van der Waals surface area contributed by atoms with E-state index in [2.05, 4.69) is 0 Å². The smallest absolute Gasteiger partial charge is 0.175 e.